The molecule has 0 bridgehead atoms. The Labute approximate surface area is 195 Å². The van der Waals surface area contributed by atoms with E-state index in [1.54, 1.807) is 31.4 Å². The van der Waals surface area contributed by atoms with E-state index >= 15 is 0 Å². The van der Waals surface area contributed by atoms with Crippen LogP contribution in [-0.4, -0.2) is 27.1 Å². The number of fused-ring (bicyclic) bond motifs is 1. The van der Waals surface area contributed by atoms with Gasteiger partial charge in [-0.25, -0.2) is 18.1 Å². The monoisotopic (exact) mass is 460 g/mol. The van der Waals surface area contributed by atoms with E-state index in [-0.39, 0.29) is 10.8 Å². The molecule has 1 heterocycles. The molecule has 1 N–H and O–H groups in total. The van der Waals surface area contributed by atoms with Gasteiger partial charge in [-0.1, -0.05) is 55.5 Å². The molecular weight excluding hydrogens is 432 g/mol. The maximum Gasteiger partial charge on any atom is 0.240 e. The van der Waals surface area contributed by atoms with Gasteiger partial charge in [0.25, 0.3) is 0 Å². The van der Waals surface area contributed by atoms with Crippen LogP contribution < -0.4 is 9.46 Å². The molecule has 0 aliphatic rings. The minimum absolute atomic E-state index is 0.240. The molecule has 0 saturated heterocycles. The second-order valence-corrected chi connectivity index (χ2v) is 9.86. The summed E-state index contributed by atoms with van der Waals surface area (Å²) in [5.41, 5.74) is 4.25. The Morgan fingerprint density at radius 2 is 1.64 bits per heavy atom. The average Bonchev–Trinajstić information content (AvgIpc) is 2.86. The van der Waals surface area contributed by atoms with E-state index < -0.39 is 10.0 Å². The normalized spacial score (nSPS) is 12.5. The number of sulfonamides is 1. The van der Waals surface area contributed by atoms with Gasteiger partial charge in [-0.15, -0.1) is 0 Å². The first-order valence-electron chi connectivity index (χ1n) is 11.1. The van der Waals surface area contributed by atoms with Gasteiger partial charge in [-0.05, 0) is 60.7 Å². The molecule has 6 heteroatoms. The first-order chi connectivity index (χ1) is 16.0. The Kier molecular flexibility index (Phi) is 7.06. The molecule has 1 atom stereocenters. The van der Waals surface area contributed by atoms with Crippen LogP contribution in [0, 0.1) is 0 Å². The van der Waals surface area contributed by atoms with Crippen molar-refractivity contribution in [2.24, 2.45) is 0 Å². The highest BCUT2D eigenvalue weighted by Crippen LogP contribution is 2.31. The van der Waals surface area contributed by atoms with E-state index in [9.17, 15) is 8.42 Å². The fraction of sp³-hybridized carbons (Fsp3) is 0.222. The number of para-hydroxylation sites is 1. The van der Waals surface area contributed by atoms with Gasteiger partial charge in [0.15, 0.2) is 0 Å². The molecule has 0 spiro atoms. The molecule has 0 fully saturated rings. The Morgan fingerprint density at radius 1 is 0.939 bits per heavy atom. The number of pyridine rings is 1. The molecule has 4 rings (SSSR count). The lowest BCUT2D eigenvalue weighted by Gasteiger charge is -2.17. The van der Waals surface area contributed by atoms with Crippen LogP contribution in [0.1, 0.15) is 31.2 Å². The van der Waals surface area contributed by atoms with E-state index in [0.29, 0.717) is 12.3 Å². The summed E-state index contributed by atoms with van der Waals surface area (Å²) in [5, 5.41) is 1.14. The first-order valence-corrected chi connectivity index (χ1v) is 12.5. The molecule has 170 valence electrons. The largest absolute Gasteiger partial charge is 0.497 e. The standard InChI is InChI=1S/C27H28N2O3S/c1-20(9-8-18-28-33(30,31)23-16-14-22(32-2)15-17-23)25-19-27(21-10-4-3-5-11-21)29-26-13-7-6-12-24(25)26/h3-7,10-17,19-20,28H,8-9,18H2,1-2H3. The van der Waals surface area contributed by atoms with E-state index in [1.807, 2.05) is 36.4 Å². The van der Waals surface area contributed by atoms with E-state index in [0.717, 1.165) is 35.0 Å². The smallest absolute Gasteiger partial charge is 0.240 e. The topological polar surface area (TPSA) is 68.3 Å². The van der Waals surface area contributed by atoms with Crippen LogP contribution in [0.15, 0.2) is 89.8 Å². The molecule has 0 aliphatic heterocycles. The lowest BCUT2D eigenvalue weighted by molar-refractivity contribution is 0.414. The number of nitrogens with one attached hydrogen (secondary N) is 1. The summed E-state index contributed by atoms with van der Waals surface area (Å²) in [6.07, 6.45) is 1.58. The van der Waals surface area contributed by atoms with Crippen molar-refractivity contribution in [1.82, 2.24) is 9.71 Å². The molecular formula is C27H28N2O3S. The van der Waals surface area contributed by atoms with Crippen molar-refractivity contribution in [3.05, 3.63) is 90.5 Å². The number of aromatic nitrogens is 1. The lowest BCUT2D eigenvalue weighted by Crippen LogP contribution is -2.25. The predicted molar refractivity (Wildman–Crippen MR) is 133 cm³/mol. The van der Waals surface area contributed by atoms with Crippen LogP contribution in [0.3, 0.4) is 0 Å². The minimum atomic E-state index is -3.54. The van der Waals surface area contributed by atoms with Crippen LogP contribution >= 0.6 is 0 Å². The number of nitrogens with zero attached hydrogens (tertiary/aromatic N) is 1. The maximum atomic E-state index is 12.6. The van der Waals surface area contributed by atoms with Gasteiger partial charge in [-0.2, -0.15) is 0 Å². The molecule has 33 heavy (non-hydrogen) atoms. The Hall–Kier alpha value is -3.22. The number of hydrogen-bond acceptors (Lipinski definition) is 4. The van der Waals surface area contributed by atoms with Crippen molar-refractivity contribution in [2.75, 3.05) is 13.7 Å². The molecule has 0 amide bonds. The van der Waals surface area contributed by atoms with Crippen molar-refractivity contribution >= 4 is 20.9 Å². The number of hydrogen-bond donors (Lipinski definition) is 1. The van der Waals surface area contributed by atoms with Gasteiger partial charge in [0, 0.05) is 17.5 Å². The van der Waals surface area contributed by atoms with Crippen LogP contribution in [-0.2, 0) is 10.0 Å². The Morgan fingerprint density at radius 3 is 2.36 bits per heavy atom. The van der Waals surface area contributed by atoms with Gasteiger partial charge in [0.1, 0.15) is 5.75 Å². The highest BCUT2D eigenvalue weighted by molar-refractivity contribution is 7.89. The third kappa shape index (κ3) is 5.41. The Balaban J connectivity index is 1.46. The SMILES string of the molecule is COc1ccc(S(=O)(=O)NCCCC(C)c2cc(-c3ccccc3)nc3ccccc23)cc1. The summed E-state index contributed by atoms with van der Waals surface area (Å²) in [7, 11) is -1.99. The zero-order chi connectivity index (χ0) is 23.3. The van der Waals surface area contributed by atoms with Crippen molar-refractivity contribution < 1.29 is 13.2 Å². The quantitative estimate of drug-likeness (QED) is 0.322. The molecule has 1 aromatic heterocycles. The minimum Gasteiger partial charge on any atom is -0.497 e. The summed E-state index contributed by atoms with van der Waals surface area (Å²) in [6, 6.07) is 26.9. The van der Waals surface area contributed by atoms with Crippen molar-refractivity contribution in [2.45, 2.75) is 30.6 Å². The summed E-state index contributed by atoms with van der Waals surface area (Å²) in [5.74, 6) is 0.882. The van der Waals surface area contributed by atoms with Crippen molar-refractivity contribution in [1.29, 1.82) is 0 Å². The highest BCUT2D eigenvalue weighted by atomic mass is 32.2. The van der Waals surface area contributed by atoms with Crippen molar-refractivity contribution in [3.63, 3.8) is 0 Å². The predicted octanol–water partition coefficient (Wildman–Crippen LogP) is 5.77. The van der Waals surface area contributed by atoms with Crippen molar-refractivity contribution in [3.8, 4) is 17.0 Å². The maximum absolute atomic E-state index is 12.6. The average molecular weight is 461 g/mol. The van der Waals surface area contributed by atoms with Gasteiger partial charge in [-0.3, -0.25) is 0 Å². The fourth-order valence-corrected chi connectivity index (χ4v) is 5.05. The van der Waals surface area contributed by atoms with Crippen LogP contribution in [0.25, 0.3) is 22.2 Å². The molecule has 4 aromatic rings. The summed E-state index contributed by atoms with van der Waals surface area (Å²) in [6.45, 7) is 2.57. The summed E-state index contributed by atoms with van der Waals surface area (Å²) >= 11 is 0. The molecule has 3 aromatic carbocycles. The van der Waals surface area contributed by atoms with E-state index in [2.05, 4.69) is 35.9 Å². The third-order valence-corrected chi connectivity index (χ3v) is 7.30. The van der Waals surface area contributed by atoms with E-state index in [1.165, 1.54) is 5.56 Å². The zero-order valence-electron chi connectivity index (χ0n) is 18.9. The van der Waals surface area contributed by atoms with Gasteiger partial charge in [0.05, 0.1) is 23.2 Å². The van der Waals surface area contributed by atoms with Crippen LogP contribution in [0.5, 0.6) is 5.75 Å². The van der Waals surface area contributed by atoms with Gasteiger partial charge >= 0.3 is 0 Å². The van der Waals surface area contributed by atoms with E-state index in [4.69, 9.17) is 9.72 Å². The molecule has 0 radical (unpaired) electrons. The van der Waals surface area contributed by atoms with Crippen LogP contribution in [0.2, 0.25) is 0 Å². The van der Waals surface area contributed by atoms with Crippen LogP contribution in [0.4, 0.5) is 0 Å². The number of rotatable bonds is 9. The summed E-state index contributed by atoms with van der Waals surface area (Å²) in [4.78, 5) is 5.10. The molecule has 0 aliphatic carbocycles. The highest BCUT2D eigenvalue weighted by Gasteiger charge is 2.16. The second-order valence-electron chi connectivity index (χ2n) is 8.10. The Bertz CT molecular complexity index is 1320. The lowest BCUT2D eigenvalue weighted by atomic mass is 9.91. The van der Waals surface area contributed by atoms with Gasteiger partial charge in [0.2, 0.25) is 10.0 Å². The number of methoxy groups -OCH3 is 1. The molecule has 0 saturated carbocycles. The number of benzene rings is 3. The van der Waals surface area contributed by atoms with Gasteiger partial charge < -0.3 is 4.74 Å². The first kappa shape index (κ1) is 23.0. The number of ether oxygens (including phenoxy) is 1. The summed E-state index contributed by atoms with van der Waals surface area (Å²) < 4.78 is 32.9. The molecule has 5 nitrogen and oxygen atoms in total. The fourth-order valence-electron chi connectivity index (χ4n) is 3.98. The zero-order valence-corrected chi connectivity index (χ0v) is 19.7. The third-order valence-electron chi connectivity index (χ3n) is 5.82. The molecule has 1 unspecified atom stereocenters. The second kappa shape index (κ2) is 10.1.